The maximum absolute atomic E-state index is 11.4. The molecule has 0 aromatic rings. The predicted octanol–water partition coefficient (Wildman–Crippen LogP) is 1.16. The van der Waals surface area contributed by atoms with Crippen molar-refractivity contribution in [3.63, 3.8) is 0 Å². The molecule has 1 fully saturated rings. The topological polar surface area (TPSA) is 35.5 Å². The third kappa shape index (κ3) is 1.39. The van der Waals surface area contributed by atoms with Crippen molar-refractivity contribution in [3.05, 3.63) is 0 Å². The molecule has 0 heterocycles. The van der Waals surface area contributed by atoms with Gasteiger partial charge in [-0.1, -0.05) is 0 Å². The number of hydrogen-bond acceptors (Lipinski definition) is 3. The second kappa shape index (κ2) is 3.54. The highest BCUT2D eigenvalue weighted by Crippen LogP contribution is 2.31. The highest BCUT2D eigenvalue weighted by molar-refractivity contribution is 5.90. The van der Waals surface area contributed by atoms with E-state index in [0.717, 1.165) is 6.42 Å². The first-order valence-electron chi connectivity index (χ1n) is 4.35. The second-order valence-corrected chi connectivity index (χ2v) is 3.22. The molecule has 1 aliphatic carbocycles. The summed E-state index contributed by atoms with van der Waals surface area (Å²) < 4.78 is 10.6. The smallest absolute Gasteiger partial charge is 0.167 e. The van der Waals surface area contributed by atoms with Gasteiger partial charge in [0.25, 0.3) is 0 Å². The zero-order valence-corrected chi connectivity index (χ0v) is 7.92. The first-order chi connectivity index (χ1) is 5.65. The van der Waals surface area contributed by atoms with Gasteiger partial charge in [-0.2, -0.15) is 0 Å². The van der Waals surface area contributed by atoms with Gasteiger partial charge in [0.2, 0.25) is 0 Å². The zero-order chi connectivity index (χ0) is 9.19. The summed E-state index contributed by atoms with van der Waals surface area (Å²) in [6, 6.07) is 0. The lowest BCUT2D eigenvalue weighted by atomic mass is 10.0. The lowest BCUT2D eigenvalue weighted by Gasteiger charge is -2.27. The molecule has 3 nitrogen and oxygen atoms in total. The van der Waals surface area contributed by atoms with Crippen LogP contribution in [0.4, 0.5) is 0 Å². The Morgan fingerprint density at radius 2 is 2.33 bits per heavy atom. The molecule has 0 N–H and O–H groups in total. The summed E-state index contributed by atoms with van der Waals surface area (Å²) in [6.07, 6.45) is 1.31. The highest BCUT2D eigenvalue weighted by atomic mass is 16.5. The summed E-state index contributed by atoms with van der Waals surface area (Å²) in [5.74, 6) is 0.156. The number of Topliss-reactive ketones (excluding diaryl/α,β-unsaturated/α-hetero) is 1. The Hall–Kier alpha value is -0.410. The summed E-state index contributed by atoms with van der Waals surface area (Å²) in [7, 11) is 1.56. The van der Waals surface area contributed by atoms with Gasteiger partial charge in [-0.25, -0.2) is 0 Å². The van der Waals surface area contributed by atoms with Crippen LogP contribution in [-0.4, -0.2) is 31.2 Å². The molecule has 0 aliphatic heterocycles. The van der Waals surface area contributed by atoms with Gasteiger partial charge >= 0.3 is 0 Å². The number of carbonyl (C=O) groups excluding carboxylic acids is 1. The van der Waals surface area contributed by atoms with Crippen LogP contribution >= 0.6 is 0 Å². The Bertz CT molecular complexity index is 179. The SMILES string of the molecule is CCO[C@@H]1CCC(=O)[C@@]1(C)OC. The molecule has 70 valence electrons. The van der Waals surface area contributed by atoms with E-state index in [1.54, 1.807) is 7.11 Å². The molecule has 0 spiro atoms. The van der Waals surface area contributed by atoms with Gasteiger partial charge in [0.1, 0.15) is 5.60 Å². The maximum Gasteiger partial charge on any atom is 0.167 e. The average Bonchev–Trinajstić information content (AvgIpc) is 2.34. The van der Waals surface area contributed by atoms with Crippen LogP contribution in [0, 0.1) is 0 Å². The molecule has 0 bridgehead atoms. The summed E-state index contributed by atoms with van der Waals surface area (Å²) in [6.45, 7) is 4.37. The van der Waals surface area contributed by atoms with E-state index in [4.69, 9.17) is 9.47 Å². The molecule has 1 saturated carbocycles. The van der Waals surface area contributed by atoms with E-state index in [2.05, 4.69) is 0 Å². The molecule has 0 aromatic carbocycles. The lowest BCUT2D eigenvalue weighted by molar-refractivity contribution is -0.148. The third-order valence-electron chi connectivity index (χ3n) is 2.59. The number of carbonyl (C=O) groups is 1. The molecular formula is C9H16O3. The molecule has 0 unspecified atom stereocenters. The van der Waals surface area contributed by atoms with Gasteiger partial charge in [0, 0.05) is 20.1 Å². The fourth-order valence-corrected chi connectivity index (χ4v) is 1.65. The number of ketones is 1. The van der Waals surface area contributed by atoms with Crippen LogP contribution in [0.3, 0.4) is 0 Å². The van der Waals surface area contributed by atoms with Crippen molar-refractivity contribution >= 4 is 5.78 Å². The van der Waals surface area contributed by atoms with Crippen molar-refractivity contribution in [2.75, 3.05) is 13.7 Å². The quantitative estimate of drug-likeness (QED) is 0.640. The number of hydrogen-bond donors (Lipinski definition) is 0. The summed E-state index contributed by atoms with van der Waals surface area (Å²) in [5, 5.41) is 0. The average molecular weight is 172 g/mol. The fourth-order valence-electron chi connectivity index (χ4n) is 1.65. The summed E-state index contributed by atoms with van der Waals surface area (Å²) in [4.78, 5) is 11.4. The molecule has 2 atom stereocenters. The van der Waals surface area contributed by atoms with E-state index >= 15 is 0 Å². The van der Waals surface area contributed by atoms with E-state index in [9.17, 15) is 4.79 Å². The number of methoxy groups -OCH3 is 1. The number of ether oxygens (including phenoxy) is 2. The van der Waals surface area contributed by atoms with Crippen molar-refractivity contribution in [1.82, 2.24) is 0 Å². The summed E-state index contributed by atoms with van der Waals surface area (Å²) >= 11 is 0. The fraction of sp³-hybridized carbons (Fsp3) is 0.889. The standard InChI is InChI=1S/C9H16O3/c1-4-12-8-6-5-7(10)9(8,2)11-3/h8H,4-6H2,1-3H3/t8-,9-/m1/s1. The molecule has 0 amide bonds. The number of rotatable bonds is 3. The van der Waals surface area contributed by atoms with Crippen molar-refractivity contribution in [1.29, 1.82) is 0 Å². The second-order valence-electron chi connectivity index (χ2n) is 3.22. The zero-order valence-electron chi connectivity index (χ0n) is 7.92. The van der Waals surface area contributed by atoms with Gasteiger partial charge in [-0.3, -0.25) is 4.79 Å². The monoisotopic (exact) mass is 172 g/mol. The van der Waals surface area contributed by atoms with E-state index in [-0.39, 0.29) is 11.9 Å². The Morgan fingerprint density at radius 1 is 1.67 bits per heavy atom. The van der Waals surface area contributed by atoms with Crippen molar-refractivity contribution in [3.8, 4) is 0 Å². The molecule has 1 aliphatic rings. The van der Waals surface area contributed by atoms with Crippen molar-refractivity contribution in [2.45, 2.75) is 38.4 Å². The molecule has 0 saturated heterocycles. The lowest BCUT2D eigenvalue weighted by Crippen LogP contribution is -2.43. The van der Waals surface area contributed by atoms with Gasteiger partial charge in [0.05, 0.1) is 6.10 Å². The molecule has 0 radical (unpaired) electrons. The summed E-state index contributed by atoms with van der Waals surface area (Å²) in [5.41, 5.74) is -0.698. The van der Waals surface area contributed by atoms with Crippen LogP contribution in [0.15, 0.2) is 0 Å². The van der Waals surface area contributed by atoms with Crippen molar-refractivity contribution < 1.29 is 14.3 Å². The molecule has 12 heavy (non-hydrogen) atoms. The van der Waals surface area contributed by atoms with E-state index in [1.165, 1.54) is 0 Å². The highest BCUT2D eigenvalue weighted by Gasteiger charge is 2.47. The molecular weight excluding hydrogens is 156 g/mol. The minimum atomic E-state index is -0.698. The Labute approximate surface area is 73.0 Å². The van der Waals surface area contributed by atoms with Crippen molar-refractivity contribution in [2.24, 2.45) is 0 Å². The minimum Gasteiger partial charge on any atom is -0.375 e. The Kier molecular flexibility index (Phi) is 2.85. The first-order valence-corrected chi connectivity index (χ1v) is 4.35. The van der Waals surface area contributed by atoms with Crippen LogP contribution < -0.4 is 0 Å². The van der Waals surface area contributed by atoms with Gasteiger partial charge < -0.3 is 9.47 Å². The predicted molar refractivity (Wildman–Crippen MR) is 45.1 cm³/mol. The Balaban J connectivity index is 2.70. The van der Waals surface area contributed by atoms with Crippen LogP contribution in [0.25, 0.3) is 0 Å². The van der Waals surface area contributed by atoms with Gasteiger partial charge in [-0.15, -0.1) is 0 Å². The normalized spacial score (nSPS) is 35.9. The minimum absolute atomic E-state index is 0.0556. The van der Waals surface area contributed by atoms with Gasteiger partial charge in [-0.05, 0) is 20.3 Å². The van der Waals surface area contributed by atoms with E-state index in [0.29, 0.717) is 13.0 Å². The van der Waals surface area contributed by atoms with E-state index in [1.807, 2.05) is 13.8 Å². The first kappa shape index (κ1) is 9.68. The maximum atomic E-state index is 11.4. The molecule has 3 heteroatoms. The van der Waals surface area contributed by atoms with Crippen LogP contribution in [0.1, 0.15) is 26.7 Å². The van der Waals surface area contributed by atoms with Gasteiger partial charge in [0.15, 0.2) is 5.78 Å². The molecule has 0 aromatic heterocycles. The van der Waals surface area contributed by atoms with E-state index < -0.39 is 5.60 Å². The third-order valence-corrected chi connectivity index (χ3v) is 2.59. The largest absolute Gasteiger partial charge is 0.375 e. The van der Waals surface area contributed by atoms with Crippen LogP contribution in [-0.2, 0) is 14.3 Å². The van der Waals surface area contributed by atoms with Crippen LogP contribution in [0.2, 0.25) is 0 Å². The molecule has 1 rings (SSSR count). The van der Waals surface area contributed by atoms with Crippen LogP contribution in [0.5, 0.6) is 0 Å². The Morgan fingerprint density at radius 3 is 2.83 bits per heavy atom.